The summed E-state index contributed by atoms with van der Waals surface area (Å²) in [6.45, 7) is 3.90. The maximum absolute atomic E-state index is 11.7. The molecule has 0 amide bonds. The van der Waals surface area contributed by atoms with E-state index < -0.39 is 6.16 Å². The number of allylic oxidation sites excluding steroid dienone is 2. The fraction of sp³-hybridized carbons (Fsp3) is 0.105. The molecule has 0 heterocycles. The zero-order chi connectivity index (χ0) is 15.8. The van der Waals surface area contributed by atoms with E-state index in [-0.39, 0.29) is 0 Å². The number of rotatable bonds is 4. The third-order valence-electron chi connectivity index (χ3n) is 2.88. The summed E-state index contributed by atoms with van der Waals surface area (Å²) >= 11 is 0. The minimum atomic E-state index is -0.752. The van der Waals surface area contributed by atoms with Gasteiger partial charge in [0.2, 0.25) is 0 Å². The number of ether oxygens (including phenoxy) is 2. The average molecular weight is 294 g/mol. The summed E-state index contributed by atoms with van der Waals surface area (Å²) in [6.07, 6.45) is 7.07. The topological polar surface area (TPSA) is 35.5 Å². The predicted octanol–water partition coefficient (Wildman–Crippen LogP) is 5.33. The third-order valence-corrected chi connectivity index (χ3v) is 2.88. The van der Waals surface area contributed by atoms with Crippen LogP contribution in [-0.2, 0) is 0 Å². The first-order chi connectivity index (χ1) is 10.7. The van der Waals surface area contributed by atoms with E-state index in [0.29, 0.717) is 11.5 Å². The molecule has 0 spiro atoms. The lowest BCUT2D eigenvalue weighted by molar-refractivity contribution is 0.152. The molecule has 2 aromatic rings. The molecule has 0 saturated carbocycles. The quantitative estimate of drug-likeness (QED) is 0.564. The van der Waals surface area contributed by atoms with Crippen LogP contribution < -0.4 is 9.47 Å². The van der Waals surface area contributed by atoms with Gasteiger partial charge in [0, 0.05) is 0 Å². The van der Waals surface area contributed by atoms with Crippen LogP contribution in [0, 0.1) is 0 Å². The molecule has 2 rings (SSSR count). The van der Waals surface area contributed by atoms with Gasteiger partial charge in [-0.15, -0.1) is 0 Å². The third kappa shape index (κ3) is 4.63. The van der Waals surface area contributed by atoms with Gasteiger partial charge in [-0.25, -0.2) is 4.79 Å². The zero-order valence-corrected chi connectivity index (χ0v) is 12.7. The largest absolute Gasteiger partial charge is 0.519 e. The SMILES string of the molecule is C/C=C/c1ccc(OC(=O)Oc2ccc(/C=C/C)cc2)cc1. The van der Waals surface area contributed by atoms with Crippen molar-refractivity contribution in [3.63, 3.8) is 0 Å². The molecule has 0 saturated heterocycles. The van der Waals surface area contributed by atoms with Gasteiger partial charge in [-0.05, 0) is 49.2 Å². The lowest BCUT2D eigenvalue weighted by Gasteiger charge is -2.06. The van der Waals surface area contributed by atoms with Crippen molar-refractivity contribution in [3.05, 3.63) is 71.8 Å². The molecule has 3 heteroatoms. The van der Waals surface area contributed by atoms with Crippen molar-refractivity contribution >= 4 is 18.3 Å². The van der Waals surface area contributed by atoms with Gasteiger partial charge < -0.3 is 9.47 Å². The molecule has 2 aromatic carbocycles. The Morgan fingerprint density at radius 2 is 1.09 bits per heavy atom. The van der Waals surface area contributed by atoms with Crippen molar-refractivity contribution in [2.75, 3.05) is 0 Å². The zero-order valence-electron chi connectivity index (χ0n) is 12.7. The molecule has 0 N–H and O–H groups in total. The van der Waals surface area contributed by atoms with E-state index in [2.05, 4.69) is 0 Å². The monoisotopic (exact) mass is 294 g/mol. The molecule has 0 bridgehead atoms. The maximum Gasteiger partial charge on any atom is 0.519 e. The molecule has 112 valence electrons. The van der Waals surface area contributed by atoms with Gasteiger partial charge in [0.1, 0.15) is 11.5 Å². The van der Waals surface area contributed by atoms with Crippen LogP contribution in [0.2, 0.25) is 0 Å². The summed E-state index contributed by atoms with van der Waals surface area (Å²) in [5, 5.41) is 0. The summed E-state index contributed by atoms with van der Waals surface area (Å²) in [7, 11) is 0. The predicted molar refractivity (Wildman–Crippen MR) is 89.0 cm³/mol. The average Bonchev–Trinajstić information content (AvgIpc) is 2.52. The van der Waals surface area contributed by atoms with Gasteiger partial charge in [-0.3, -0.25) is 0 Å². The van der Waals surface area contributed by atoms with Crippen LogP contribution >= 0.6 is 0 Å². The van der Waals surface area contributed by atoms with E-state index in [1.54, 1.807) is 24.3 Å². The van der Waals surface area contributed by atoms with E-state index in [9.17, 15) is 4.79 Å². The van der Waals surface area contributed by atoms with Gasteiger partial charge in [-0.1, -0.05) is 48.6 Å². The van der Waals surface area contributed by atoms with E-state index in [1.807, 2.05) is 62.4 Å². The van der Waals surface area contributed by atoms with Crippen LogP contribution in [-0.4, -0.2) is 6.16 Å². The second kappa shape index (κ2) is 7.84. The van der Waals surface area contributed by atoms with E-state index in [1.165, 1.54) is 0 Å². The number of hydrogen-bond acceptors (Lipinski definition) is 3. The minimum Gasteiger partial charge on any atom is -0.395 e. The summed E-state index contributed by atoms with van der Waals surface area (Å²) in [4.78, 5) is 11.7. The van der Waals surface area contributed by atoms with Gasteiger partial charge in [0.25, 0.3) is 0 Å². The van der Waals surface area contributed by atoms with Gasteiger partial charge in [0.15, 0.2) is 0 Å². The van der Waals surface area contributed by atoms with Gasteiger partial charge >= 0.3 is 6.16 Å². The molecule has 0 radical (unpaired) electrons. The fourth-order valence-electron chi connectivity index (χ4n) is 1.89. The Morgan fingerprint density at radius 3 is 1.41 bits per heavy atom. The second-order valence-corrected chi connectivity index (χ2v) is 4.59. The van der Waals surface area contributed by atoms with Crippen molar-refractivity contribution in [3.8, 4) is 11.5 Å². The Morgan fingerprint density at radius 1 is 0.727 bits per heavy atom. The van der Waals surface area contributed by atoms with Crippen LogP contribution in [0.3, 0.4) is 0 Å². The first-order valence-corrected chi connectivity index (χ1v) is 7.06. The normalized spacial score (nSPS) is 11.0. The summed E-state index contributed by atoms with van der Waals surface area (Å²) in [5.41, 5.74) is 2.09. The molecular formula is C19H18O3. The van der Waals surface area contributed by atoms with Crippen LogP contribution in [0.1, 0.15) is 25.0 Å². The lowest BCUT2D eigenvalue weighted by atomic mass is 10.2. The van der Waals surface area contributed by atoms with E-state index >= 15 is 0 Å². The van der Waals surface area contributed by atoms with Crippen LogP contribution in [0.4, 0.5) is 4.79 Å². The van der Waals surface area contributed by atoms with Gasteiger partial charge in [0.05, 0.1) is 0 Å². The highest BCUT2D eigenvalue weighted by molar-refractivity contribution is 5.67. The van der Waals surface area contributed by atoms with Crippen molar-refractivity contribution in [2.45, 2.75) is 13.8 Å². The number of benzene rings is 2. The Kier molecular flexibility index (Phi) is 5.55. The highest BCUT2D eigenvalue weighted by atomic mass is 16.7. The molecule has 0 fully saturated rings. The summed E-state index contributed by atoms with van der Waals surface area (Å²) in [6, 6.07) is 14.4. The Balaban J connectivity index is 1.94. The molecule has 22 heavy (non-hydrogen) atoms. The second-order valence-electron chi connectivity index (χ2n) is 4.59. The molecule has 0 aromatic heterocycles. The molecule has 0 aliphatic heterocycles. The van der Waals surface area contributed by atoms with Crippen molar-refractivity contribution < 1.29 is 14.3 Å². The summed E-state index contributed by atoms with van der Waals surface area (Å²) in [5.74, 6) is 0.896. The van der Waals surface area contributed by atoms with Crippen LogP contribution in [0.15, 0.2) is 60.7 Å². The molecule has 0 aliphatic rings. The first-order valence-electron chi connectivity index (χ1n) is 7.06. The molecule has 3 nitrogen and oxygen atoms in total. The number of carbonyl (C=O) groups excluding carboxylic acids is 1. The number of carbonyl (C=O) groups is 1. The van der Waals surface area contributed by atoms with Crippen LogP contribution in [0.5, 0.6) is 11.5 Å². The summed E-state index contributed by atoms with van der Waals surface area (Å²) < 4.78 is 10.3. The van der Waals surface area contributed by atoms with Gasteiger partial charge in [-0.2, -0.15) is 0 Å². The van der Waals surface area contributed by atoms with Crippen molar-refractivity contribution in [1.82, 2.24) is 0 Å². The smallest absolute Gasteiger partial charge is 0.395 e. The maximum atomic E-state index is 11.7. The first kappa shape index (κ1) is 15.6. The molecule has 0 atom stereocenters. The van der Waals surface area contributed by atoms with Crippen molar-refractivity contribution in [1.29, 1.82) is 0 Å². The van der Waals surface area contributed by atoms with Crippen molar-refractivity contribution in [2.24, 2.45) is 0 Å². The Hall–Kier alpha value is -2.81. The van der Waals surface area contributed by atoms with E-state index in [0.717, 1.165) is 11.1 Å². The van der Waals surface area contributed by atoms with Crippen LogP contribution in [0.25, 0.3) is 12.2 Å². The standard InChI is InChI=1S/C19H18O3/c1-3-5-15-7-11-17(12-8-15)21-19(20)22-18-13-9-16(6-4-2)10-14-18/h3-14H,1-2H3/b5-3+,6-4+. The lowest BCUT2D eigenvalue weighted by Crippen LogP contribution is -2.13. The number of hydrogen-bond donors (Lipinski definition) is 0. The molecule has 0 aliphatic carbocycles. The molecule has 0 unspecified atom stereocenters. The van der Waals surface area contributed by atoms with E-state index in [4.69, 9.17) is 9.47 Å². The Labute approximate surface area is 130 Å². The fourth-order valence-corrected chi connectivity index (χ4v) is 1.89. The highest BCUT2D eigenvalue weighted by Gasteiger charge is 2.07. The highest BCUT2D eigenvalue weighted by Crippen LogP contribution is 2.17. The molecular weight excluding hydrogens is 276 g/mol. The minimum absolute atomic E-state index is 0.448. The Bertz CT molecular complexity index is 605.